The van der Waals surface area contributed by atoms with Crippen molar-refractivity contribution < 1.29 is 9.47 Å². The summed E-state index contributed by atoms with van der Waals surface area (Å²) in [7, 11) is 0. The van der Waals surface area contributed by atoms with Gasteiger partial charge in [-0.1, -0.05) is 70.7 Å². The smallest absolute Gasteiger partial charge is 0.135 e. The van der Waals surface area contributed by atoms with E-state index in [2.05, 4.69) is 22.1 Å². The molecule has 4 heterocycles. The van der Waals surface area contributed by atoms with E-state index in [1.54, 1.807) is 36.9 Å². The Hall–Kier alpha value is -4.12. The van der Waals surface area contributed by atoms with Gasteiger partial charge >= 0.3 is 0 Å². The molecule has 2 aliphatic rings. The Morgan fingerprint density at radius 1 is 0.620 bits per heavy atom. The third-order valence-corrected chi connectivity index (χ3v) is 10.2. The predicted octanol–water partition coefficient (Wildman–Crippen LogP) is 11.2. The van der Waals surface area contributed by atoms with E-state index in [9.17, 15) is 10.5 Å². The quantitative estimate of drug-likeness (QED) is 0.178. The van der Waals surface area contributed by atoms with Crippen LogP contribution >= 0.6 is 46.4 Å². The summed E-state index contributed by atoms with van der Waals surface area (Å²) < 4.78 is 15.7. The van der Waals surface area contributed by atoms with Crippen LogP contribution in [0.1, 0.15) is 62.1 Å². The van der Waals surface area contributed by atoms with Gasteiger partial charge in [-0.25, -0.2) is 9.97 Å². The molecular weight excluding hydrogens is 714 g/mol. The molecule has 2 saturated heterocycles. The summed E-state index contributed by atoms with van der Waals surface area (Å²) in [6.07, 6.45) is 9.69. The summed E-state index contributed by atoms with van der Waals surface area (Å²) in [5, 5.41) is 21.8. The molecule has 0 spiro atoms. The standard InChI is InChI=1S/2C19H15Cl2N3O/c20-12-4-5-14(16(21)9-12)13-6-7-17-19(15(13)10-22)23-11-24(17)18-3-1-2-8-25-18;20-12-4-5-14(16(21)9-12)13-6-7-17-19(15(13)10-22)24(11-23-17)18-3-1-2-8-25-18/h2*4-7,9,11,18H,1-3,8H2. The molecule has 2 atom stereocenters. The maximum absolute atomic E-state index is 9.86. The van der Waals surface area contributed by atoms with E-state index in [4.69, 9.17) is 55.9 Å². The summed E-state index contributed by atoms with van der Waals surface area (Å²) in [6, 6.07) is 22.9. The highest BCUT2D eigenvalue weighted by Gasteiger charge is 2.23. The average Bonchev–Trinajstić information content (AvgIpc) is 3.77. The van der Waals surface area contributed by atoms with Gasteiger partial charge in [-0.3, -0.25) is 0 Å². The van der Waals surface area contributed by atoms with Gasteiger partial charge in [0.05, 0.1) is 40.3 Å². The lowest BCUT2D eigenvalue weighted by molar-refractivity contribution is -0.0296. The van der Waals surface area contributed by atoms with Crippen molar-refractivity contribution in [3.8, 4) is 34.4 Å². The van der Waals surface area contributed by atoms with Gasteiger partial charge in [0, 0.05) is 55.6 Å². The number of fused-ring (bicyclic) bond motifs is 2. The van der Waals surface area contributed by atoms with Gasteiger partial charge in [-0.05, 0) is 74.9 Å². The maximum atomic E-state index is 9.86. The first-order valence-electron chi connectivity index (χ1n) is 16.3. The van der Waals surface area contributed by atoms with Crippen LogP contribution in [0.15, 0.2) is 73.3 Å². The number of halogens is 4. The number of nitriles is 2. The Kier molecular flexibility index (Phi) is 10.3. The van der Waals surface area contributed by atoms with Gasteiger partial charge in [-0.15, -0.1) is 0 Å². The first-order valence-corrected chi connectivity index (χ1v) is 17.8. The van der Waals surface area contributed by atoms with Gasteiger partial charge in [0.25, 0.3) is 0 Å². The molecule has 0 amide bonds. The summed E-state index contributed by atoms with van der Waals surface area (Å²) >= 11 is 24.7. The Morgan fingerprint density at radius 3 is 1.72 bits per heavy atom. The molecule has 50 heavy (non-hydrogen) atoms. The fraction of sp³-hybridized carbons (Fsp3) is 0.263. The van der Waals surface area contributed by atoms with Crippen LogP contribution in [0.25, 0.3) is 44.3 Å². The number of nitrogens with zero attached hydrogens (tertiary/aromatic N) is 6. The lowest BCUT2D eigenvalue weighted by Crippen LogP contribution is -2.17. The van der Waals surface area contributed by atoms with E-state index in [0.717, 1.165) is 90.5 Å². The van der Waals surface area contributed by atoms with Crippen molar-refractivity contribution in [1.29, 1.82) is 10.5 Å². The largest absolute Gasteiger partial charge is 0.358 e. The van der Waals surface area contributed by atoms with Crippen molar-refractivity contribution in [3.05, 3.63) is 105 Å². The normalized spacial score (nSPS) is 17.6. The van der Waals surface area contributed by atoms with Gasteiger partial charge in [0.15, 0.2) is 0 Å². The molecule has 2 fully saturated rings. The highest BCUT2D eigenvalue weighted by Crippen LogP contribution is 2.38. The molecule has 6 aromatic rings. The molecule has 4 aromatic carbocycles. The van der Waals surface area contributed by atoms with E-state index in [1.807, 2.05) is 45.5 Å². The molecule has 2 aliphatic heterocycles. The van der Waals surface area contributed by atoms with E-state index in [-0.39, 0.29) is 12.5 Å². The fourth-order valence-electron chi connectivity index (χ4n) is 6.65. The highest BCUT2D eigenvalue weighted by atomic mass is 35.5. The van der Waals surface area contributed by atoms with Gasteiger partial charge < -0.3 is 18.6 Å². The van der Waals surface area contributed by atoms with E-state index < -0.39 is 0 Å². The Morgan fingerprint density at radius 2 is 1.16 bits per heavy atom. The number of hydrogen-bond donors (Lipinski definition) is 0. The second-order valence-corrected chi connectivity index (χ2v) is 13.8. The van der Waals surface area contributed by atoms with E-state index in [1.165, 1.54) is 0 Å². The molecule has 0 aliphatic carbocycles. The predicted molar refractivity (Wildman–Crippen MR) is 197 cm³/mol. The van der Waals surface area contributed by atoms with Crippen molar-refractivity contribution in [2.24, 2.45) is 0 Å². The van der Waals surface area contributed by atoms with E-state index in [0.29, 0.717) is 36.7 Å². The van der Waals surface area contributed by atoms with Crippen molar-refractivity contribution in [3.63, 3.8) is 0 Å². The number of ether oxygens (including phenoxy) is 2. The van der Waals surface area contributed by atoms with Crippen LogP contribution in [-0.2, 0) is 9.47 Å². The molecule has 2 unspecified atom stereocenters. The Bertz CT molecular complexity index is 2290. The molecule has 0 radical (unpaired) electrons. The Balaban J connectivity index is 0.000000157. The first kappa shape index (κ1) is 34.3. The third-order valence-electron chi connectivity index (χ3n) is 9.08. The Labute approximate surface area is 309 Å². The van der Waals surface area contributed by atoms with E-state index >= 15 is 0 Å². The zero-order chi connectivity index (χ0) is 34.8. The van der Waals surface area contributed by atoms with Crippen LogP contribution < -0.4 is 0 Å². The van der Waals surface area contributed by atoms with Gasteiger partial charge in [0.2, 0.25) is 0 Å². The zero-order valence-corrected chi connectivity index (χ0v) is 29.8. The van der Waals surface area contributed by atoms with Crippen LogP contribution in [-0.4, -0.2) is 32.3 Å². The van der Waals surface area contributed by atoms with Crippen molar-refractivity contribution in [1.82, 2.24) is 19.1 Å². The minimum absolute atomic E-state index is 0.0183. The molecule has 8 rings (SSSR count). The van der Waals surface area contributed by atoms with Crippen LogP contribution in [0.2, 0.25) is 20.1 Å². The minimum atomic E-state index is -0.0817. The molecule has 8 nitrogen and oxygen atoms in total. The molecule has 12 heteroatoms. The molecular formula is C38H30Cl4N6O2. The van der Waals surface area contributed by atoms with Crippen LogP contribution in [0.5, 0.6) is 0 Å². The summed E-state index contributed by atoms with van der Waals surface area (Å²) in [5.74, 6) is 0. The molecule has 252 valence electrons. The van der Waals surface area contributed by atoms with Gasteiger partial charge in [-0.2, -0.15) is 10.5 Å². The zero-order valence-electron chi connectivity index (χ0n) is 26.8. The average molecular weight is 745 g/mol. The number of hydrogen-bond acceptors (Lipinski definition) is 6. The summed E-state index contributed by atoms with van der Waals surface area (Å²) in [6.45, 7) is 1.49. The van der Waals surface area contributed by atoms with Crippen molar-refractivity contribution >= 4 is 68.5 Å². The first-order chi connectivity index (χ1) is 24.4. The molecule has 2 aromatic heterocycles. The second kappa shape index (κ2) is 15.0. The molecule has 0 bridgehead atoms. The van der Waals surface area contributed by atoms with Crippen LogP contribution in [0.4, 0.5) is 0 Å². The number of aromatic nitrogens is 4. The second-order valence-electron chi connectivity index (χ2n) is 12.1. The van der Waals surface area contributed by atoms with Crippen LogP contribution in [0.3, 0.4) is 0 Å². The summed E-state index contributed by atoms with van der Waals surface area (Å²) in [4.78, 5) is 8.94. The minimum Gasteiger partial charge on any atom is -0.358 e. The lowest BCUT2D eigenvalue weighted by atomic mass is 9.98. The number of imidazole rings is 2. The maximum Gasteiger partial charge on any atom is 0.135 e. The number of benzene rings is 4. The fourth-order valence-corrected chi connectivity index (χ4v) is 7.67. The monoisotopic (exact) mass is 742 g/mol. The lowest BCUT2D eigenvalue weighted by Gasteiger charge is -2.24. The van der Waals surface area contributed by atoms with Gasteiger partial charge in [0.1, 0.15) is 30.1 Å². The highest BCUT2D eigenvalue weighted by molar-refractivity contribution is 6.37. The SMILES string of the molecule is N#Cc1c(-c2ccc(Cl)cc2Cl)ccc2c1ncn2C1CCCCO1.N#Cc1c(-c2ccc(Cl)cc2Cl)ccc2ncn(C3CCCCO3)c12. The van der Waals surface area contributed by atoms with Crippen LogP contribution in [0, 0.1) is 22.7 Å². The molecule has 0 saturated carbocycles. The van der Waals surface area contributed by atoms with Crippen molar-refractivity contribution in [2.45, 2.75) is 51.0 Å². The summed E-state index contributed by atoms with van der Waals surface area (Å²) in [5.41, 5.74) is 7.27. The number of rotatable bonds is 4. The third kappa shape index (κ3) is 6.68. The topological polar surface area (TPSA) is 102 Å². The molecule has 0 N–H and O–H groups in total. The van der Waals surface area contributed by atoms with Crippen molar-refractivity contribution in [2.75, 3.05) is 13.2 Å².